The second-order valence-corrected chi connectivity index (χ2v) is 2.96. The summed E-state index contributed by atoms with van der Waals surface area (Å²) in [6.45, 7) is -0.906. The van der Waals surface area contributed by atoms with Crippen LogP contribution in [0.25, 0.3) is 0 Å². The van der Waals surface area contributed by atoms with Gasteiger partial charge in [-0.2, -0.15) is 0 Å². The number of carboxylic acids is 1. The third kappa shape index (κ3) is 3.03. The van der Waals surface area contributed by atoms with Crippen molar-refractivity contribution in [3.63, 3.8) is 0 Å². The molecule has 1 aliphatic heterocycles. The van der Waals surface area contributed by atoms with E-state index in [1.807, 2.05) is 0 Å². The summed E-state index contributed by atoms with van der Waals surface area (Å²) >= 11 is 0. The molecule has 0 aromatic rings. The Morgan fingerprint density at radius 2 is 2.00 bits per heavy atom. The average molecular weight is 274 g/mol. The zero-order valence-electron chi connectivity index (χ0n) is 8.65. The number of ether oxygens (including phenoxy) is 2. The second-order valence-electron chi connectivity index (χ2n) is 2.96. The quantitative estimate of drug-likeness (QED) is 0.329. The number of carbonyl (C=O) groups excluding carboxylic acids is 3. The molecule has 1 rings (SSSR count). The van der Waals surface area contributed by atoms with Crippen LogP contribution >= 0.6 is 0 Å². The van der Waals surface area contributed by atoms with Crippen LogP contribution in [-0.2, 0) is 23.9 Å². The average Bonchev–Trinajstić information content (AvgIpc) is 2.32. The van der Waals surface area contributed by atoms with Crippen molar-refractivity contribution in [1.29, 1.82) is 0 Å². The van der Waals surface area contributed by atoms with Gasteiger partial charge in [0.05, 0.1) is 5.97 Å². The van der Waals surface area contributed by atoms with E-state index >= 15 is 0 Å². The summed E-state index contributed by atoms with van der Waals surface area (Å²) in [6.07, 6.45) is -5.42. The fourth-order valence-electron chi connectivity index (χ4n) is 1.07. The van der Waals surface area contributed by atoms with E-state index in [9.17, 15) is 29.7 Å². The molecule has 3 atom stereocenters. The topological polar surface area (TPSA) is 153 Å². The maximum absolute atomic E-state index is 11.1. The minimum absolute atomic E-state index is 0. The molecule has 0 aromatic carbocycles. The predicted molar refractivity (Wildman–Crippen MR) is 39.0 cm³/mol. The molecule has 17 heavy (non-hydrogen) atoms. The number of hydrogen-bond donors (Lipinski definition) is 3. The molecule has 3 unspecified atom stereocenters. The van der Waals surface area contributed by atoms with E-state index in [1.165, 1.54) is 0 Å². The van der Waals surface area contributed by atoms with Gasteiger partial charge < -0.3 is 34.7 Å². The molecule has 1 heterocycles. The maximum Gasteiger partial charge on any atom is 1.00 e. The van der Waals surface area contributed by atoms with E-state index in [2.05, 4.69) is 9.47 Å². The van der Waals surface area contributed by atoms with E-state index in [4.69, 9.17) is 5.11 Å². The zero-order chi connectivity index (χ0) is 12.5. The molecule has 1 fully saturated rings. The largest absolute Gasteiger partial charge is 1.00 e. The van der Waals surface area contributed by atoms with Crippen LogP contribution in [0.15, 0.2) is 0 Å². The molecule has 0 aliphatic carbocycles. The number of rotatable bonds is 2. The molecule has 1 saturated heterocycles. The first kappa shape index (κ1) is 16.9. The number of aliphatic hydroxyl groups excluding tert-OH is 2. The normalized spacial score (nSPS) is 30.4. The van der Waals surface area contributed by atoms with Crippen molar-refractivity contribution < 1.29 is 95.7 Å². The third-order valence-electron chi connectivity index (χ3n) is 2.00. The van der Waals surface area contributed by atoms with Crippen LogP contribution < -0.4 is 56.5 Å². The van der Waals surface area contributed by atoms with Crippen molar-refractivity contribution in [3.8, 4) is 0 Å². The molecule has 0 saturated carbocycles. The van der Waals surface area contributed by atoms with Gasteiger partial charge in [-0.05, 0) is 0 Å². The van der Waals surface area contributed by atoms with Gasteiger partial charge in [0.25, 0.3) is 0 Å². The molecule has 10 heteroatoms. The molecule has 0 radical (unpaired) electrons. The van der Waals surface area contributed by atoms with Gasteiger partial charge in [-0.15, -0.1) is 0 Å². The maximum atomic E-state index is 11.1. The Labute approximate surface area is 137 Å². The van der Waals surface area contributed by atoms with Gasteiger partial charge in [0.2, 0.25) is 12.4 Å². The Morgan fingerprint density at radius 3 is 2.47 bits per heavy atom. The van der Waals surface area contributed by atoms with Gasteiger partial charge in [0.1, 0.15) is 6.10 Å². The van der Waals surface area contributed by atoms with Crippen molar-refractivity contribution in [2.75, 3.05) is 6.79 Å². The molecule has 0 bridgehead atoms. The second kappa shape index (κ2) is 6.20. The van der Waals surface area contributed by atoms with Gasteiger partial charge in [-0.1, -0.05) is 0 Å². The van der Waals surface area contributed by atoms with Crippen LogP contribution in [0.4, 0.5) is 0 Å². The summed E-state index contributed by atoms with van der Waals surface area (Å²) in [5, 5.41) is 38.0. The van der Waals surface area contributed by atoms with Crippen molar-refractivity contribution in [2.45, 2.75) is 17.8 Å². The first-order chi connectivity index (χ1) is 7.31. The number of carboxylic acid groups (broad SMARTS) is 1. The number of aliphatic carboxylic acids is 1. The Kier molecular flexibility index (Phi) is 6.17. The van der Waals surface area contributed by atoms with Crippen LogP contribution in [0.3, 0.4) is 0 Å². The summed E-state index contributed by atoms with van der Waals surface area (Å²) in [5.74, 6) is -5.47. The molecule has 0 amide bonds. The van der Waals surface area contributed by atoms with Gasteiger partial charge in [0.15, 0.2) is 6.10 Å². The Bertz CT molecular complexity index is 342. The number of esters is 2. The molecule has 0 aromatic heterocycles. The standard InChI is InChI=1S/C7H8O9.K/c8-2(4(10)11)7(14)3(9)5(12)15-1-16-6(7)13;/h2-3,8-9,14H,1H2,(H,10,11);/q;+1/p-1. The van der Waals surface area contributed by atoms with Crippen molar-refractivity contribution >= 4 is 17.9 Å². The Balaban J connectivity index is 0.00000256. The minimum Gasteiger partial charge on any atom is -0.547 e. The number of cyclic esters (lactones) is 2. The number of carbonyl (C=O) groups is 3. The number of aliphatic hydroxyl groups is 3. The van der Waals surface area contributed by atoms with Crippen LogP contribution in [0.5, 0.6) is 0 Å². The van der Waals surface area contributed by atoms with Crippen LogP contribution in [0, 0.1) is 0 Å². The zero-order valence-corrected chi connectivity index (χ0v) is 11.8. The molecular formula is C7H7KO9. The first-order valence-electron chi connectivity index (χ1n) is 3.95. The van der Waals surface area contributed by atoms with E-state index in [1.54, 1.807) is 0 Å². The van der Waals surface area contributed by atoms with E-state index in [-0.39, 0.29) is 51.4 Å². The smallest absolute Gasteiger partial charge is 0.547 e. The van der Waals surface area contributed by atoms with Crippen LogP contribution in [0.1, 0.15) is 0 Å². The van der Waals surface area contributed by atoms with Gasteiger partial charge in [0, 0.05) is 0 Å². The van der Waals surface area contributed by atoms with E-state index in [0.717, 1.165) is 0 Å². The summed E-state index contributed by atoms with van der Waals surface area (Å²) in [6, 6.07) is 0. The van der Waals surface area contributed by atoms with Crippen molar-refractivity contribution in [1.82, 2.24) is 0 Å². The summed E-state index contributed by atoms with van der Waals surface area (Å²) in [4.78, 5) is 32.4. The minimum atomic E-state index is -3.35. The number of hydrogen-bond acceptors (Lipinski definition) is 9. The fourth-order valence-corrected chi connectivity index (χ4v) is 1.07. The fraction of sp³-hybridized carbons (Fsp3) is 0.571. The van der Waals surface area contributed by atoms with E-state index in [0.29, 0.717) is 0 Å². The van der Waals surface area contributed by atoms with Gasteiger partial charge in [-0.25, -0.2) is 9.59 Å². The molecule has 0 spiro atoms. The monoisotopic (exact) mass is 274 g/mol. The molecule has 90 valence electrons. The summed E-state index contributed by atoms with van der Waals surface area (Å²) < 4.78 is 8.18. The van der Waals surface area contributed by atoms with Crippen LogP contribution in [-0.4, -0.2) is 57.8 Å². The summed E-state index contributed by atoms with van der Waals surface area (Å²) in [5.41, 5.74) is -3.35. The predicted octanol–water partition coefficient (Wildman–Crippen LogP) is -7.75. The Hall–Kier alpha value is -0.0736. The van der Waals surface area contributed by atoms with Crippen molar-refractivity contribution in [3.05, 3.63) is 0 Å². The third-order valence-corrected chi connectivity index (χ3v) is 2.00. The SMILES string of the molecule is O=C([O-])C(O)C1(O)C(=O)OCOC(=O)C1O.[K+]. The van der Waals surface area contributed by atoms with Gasteiger partial charge >= 0.3 is 63.3 Å². The van der Waals surface area contributed by atoms with Crippen LogP contribution in [0.2, 0.25) is 0 Å². The molecular weight excluding hydrogens is 267 g/mol. The van der Waals surface area contributed by atoms with E-state index < -0.39 is 42.5 Å². The van der Waals surface area contributed by atoms with Gasteiger partial charge in [-0.3, -0.25) is 0 Å². The Morgan fingerprint density at radius 1 is 1.47 bits per heavy atom. The first-order valence-corrected chi connectivity index (χ1v) is 3.95. The summed E-state index contributed by atoms with van der Waals surface area (Å²) in [7, 11) is 0. The molecule has 3 N–H and O–H groups in total. The molecule has 9 nitrogen and oxygen atoms in total. The van der Waals surface area contributed by atoms with Crippen molar-refractivity contribution in [2.24, 2.45) is 0 Å². The molecule has 1 aliphatic rings.